The predicted octanol–water partition coefficient (Wildman–Crippen LogP) is 15.5. The van der Waals surface area contributed by atoms with Gasteiger partial charge in [-0.05, 0) is 118 Å². The fraction of sp³-hybridized carbons (Fsp3) is 0.190. The minimum absolute atomic E-state index is 0.229. The Bertz CT molecular complexity index is 2900. The standard InChI is InChI=1S/C20H13BrCl2N4O.C13H7BrCl3N.C9H13N3O2.4ClH.Ti/c21-11-1-4-14(5-2-11)27-18(15-8-3-12(22)9-16(15)23)25-19-17(20(27)28)24-10-26(19)13-6-7-13;14-8-1-4-10(5-2-8)18-13(17)11-6-3-9(15)7-12(11)16;1-2-14-9(13)7-8(10)12(5-11-7)6-3-4-6;;;;;/h1-5,8-10,13H,6-7H2;1-7H;5-6H,2-4,10H2,1H3;4*1H;/q;;;;;;;+4/p-4. The SMILES string of the molecule is CCOC(=O)c1ncn(C2CC2)c1N.ClC(=Nc1ccc(Br)cc1)c1ccc(Cl)cc1Cl.O=c1c2ncn(C3CC3)c2nc(-c2ccc(Cl)cc2Cl)n1-c1ccc(Br)cc1.[Cl][Ti]([Cl])([Cl])[Cl]. The molecular formula is C42H33Br2Cl9N8O3Ti. The summed E-state index contributed by atoms with van der Waals surface area (Å²) in [6.45, 7) is 2.10. The zero-order valence-electron chi connectivity index (χ0n) is 33.5. The summed E-state index contributed by atoms with van der Waals surface area (Å²) < 4.78 is 12.1. The number of esters is 1. The quantitative estimate of drug-likeness (QED) is 0.0909. The third kappa shape index (κ3) is 14.6. The molecule has 0 radical (unpaired) electrons. The van der Waals surface area contributed by atoms with Crippen LogP contribution in [0.25, 0.3) is 28.2 Å². The summed E-state index contributed by atoms with van der Waals surface area (Å²) in [5.41, 5.74) is 9.45. The maximum absolute atomic E-state index is 13.4. The molecule has 3 heterocycles. The molecule has 0 amide bonds. The first-order chi connectivity index (χ1) is 30.8. The topological polar surface area (TPSA) is 135 Å². The number of carbonyl (C=O) groups excluding carboxylic acids is 1. The number of fused-ring (bicyclic) bond motifs is 1. The molecule has 2 fully saturated rings. The van der Waals surface area contributed by atoms with Gasteiger partial charge in [0.2, 0.25) is 0 Å². The van der Waals surface area contributed by atoms with E-state index in [1.807, 2.05) is 57.7 Å². The van der Waals surface area contributed by atoms with E-state index in [0.29, 0.717) is 83.6 Å². The summed E-state index contributed by atoms with van der Waals surface area (Å²) in [4.78, 5) is 42.2. The summed E-state index contributed by atoms with van der Waals surface area (Å²) in [6, 6.07) is 26.0. The van der Waals surface area contributed by atoms with Crippen LogP contribution in [0.2, 0.25) is 20.1 Å². The second-order valence-electron chi connectivity index (χ2n) is 14.0. The maximum atomic E-state index is 13.4. The molecule has 23 heteroatoms. The van der Waals surface area contributed by atoms with Crippen molar-refractivity contribution in [3.05, 3.63) is 148 Å². The molecule has 340 valence electrons. The Hall–Kier alpha value is -2.34. The second-order valence-corrected chi connectivity index (χ2v) is 33.4. The number of benzene rings is 4. The van der Waals surface area contributed by atoms with Crippen molar-refractivity contribution in [2.45, 2.75) is 44.7 Å². The summed E-state index contributed by atoms with van der Waals surface area (Å²) >= 11 is 34.3. The molecule has 2 N–H and O–H groups in total. The molecule has 2 aliphatic carbocycles. The van der Waals surface area contributed by atoms with Crippen LogP contribution < -0.4 is 11.3 Å². The molecule has 0 bridgehead atoms. The van der Waals surface area contributed by atoms with Crippen LogP contribution in [0.15, 0.2) is 116 Å². The minimum atomic E-state index is -3.11. The van der Waals surface area contributed by atoms with Crippen molar-refractivity contribution in [2.24, 2.45) is 4.99 Å². The van der Waals surface area contributed by atoms with Crippen LogP contribution in [0, 0.1) is 0 Å². The van der Waals surface area contributed by atoms with Crippen LogP contribution >= 0.6 is 127 Å². The Morgan fingerprint density at radius 2 is 1.34 bits per heavy atom. The number of aliphatic imine (C=N–C) groups is 1. The van der Waals surface area contributed by atoms with Gasteiger partial charge in [0, 0.05) is 42.2 Å². The van der Waals surface area contributed by atoms with Crippen LogP contribution in [0.4, 0.5) is 11.5 Å². The Morgan fingerprint density at radius 3 is 1.89 bits per heavy atom. The van der Waals surface area contributed by atoms with E-state index >= 15 is 0 Å². The van der Waals surface area contributed by atoms with E-state index in [9.17, 15) is 9.59 Å². The van der Waals surface area contributed by atoms with Gasteiger partial charge in [-0.3, -0.25) is 9.36 Å². The zero-order valence-corrected chi connectivity index (χ0v) is 45.1. The van der Waals surface area contributed by atoms with E-state index in [-0.39, 0.29) is 11.3 Å². The number of ether oxygens (including phenoxy) is 1. The molecular weight excluding hydrogens is 1190 g/mol. The number of carbonyl (C=O) groups is 1. The molecule has 7 aromatic rings. The average molecular weight is 1220 g/mol. The van der Waals surface area contributed by atoms with Gasteiger partial charge >= 0.3 is 55.5 Å². The molecule has 0 atom stereocenters. The van der Waals surface area contributed by atoms with Crippen molar-refractivity contribution in [1.82, 2.24) is 28.7 Å². The van der Waals surface area contributed by atoms with E-state index in [0.717, 1.165) is 40.3 Å². The van der Waals surface area contributed by atoms with Gasteiger partial charge in [-0.1, -0.05) is 89.9 Å². The molecule has 3 aromatic heterocycles. The molecule has 11 nitrogen and oxygen atoms in total. The number of hydrogen-bond acceptors (Lipinski definition) is 8. The van der Waals surface area contributed by atoms with Crippen LogP contribution in [-0.2, 0) is 17.1 Å². The summed E-state index contributed by atoms with van der Waals surface area (Å²) in [7, 11) is 20.1. The van der Waals surface area contributed by atoms with Crippen LogP contribution in [0.1, 0.15) is 60.7 Å². The first-order valence-electron chi connectivity index (χ1n) is 19.2. The van der Waals surface area contributed by atoms with E-state index in [4.69, 9.17) is 111 Å². The molecule has 0 aliphatic heterocycles. The van der Waals surface area contributed by atoms with Gasteiger partial charge in [0.25, 0.3) is 5.56 Å². The molecule has 65 heavy (non-hydrogen) atoms. The number of halogens is 11. The van der Waals surface area contributed by atoms with Gasteiger partial charge in [0.05, 0.1) is 40.7 Å². The molecule has 2 saturated carbocycles. The van der Waals surface area contributed by atoms with E-state index in [1.54, 1.807) is 60.5 Å². The van der Waals surface area contributed by atoms with Gasteiger partial charge in [0.15, 0.2) is 22.7 Å². The third-order valence-corrected chi connectivity index (χ3v) is 11.7. The van der Waals surface area contributed by atoms with Crippen LogP contribution in [0.5, 0.6) is 0 Å². The van der Waals surface area contributed by atoms with E-state index in [2.05, 4.69) is 46.8 Å². The number of nitrogens with zero attached hydrogens (tertiary/aromatic N) is 7. The molecule has 9 rings (SSSR count). The van der Waals surface area contributed by atoms with Gasteiger partial charge in [-0.2, -0.15) is 0 Å². The Morgan fingerprint density at radius 1 is 0.800 bits per heavy atom. The zero-order chi connectivity index (χ0) is 47.2. The van der Waals surface area contributed by atoms with Crippen molar-refractivity contribution in [3.63, 3.8) is 0 Å². The van der Waals surface area contributed by atoms with Crippen LogP contribution in [-0.4, -0.2) is 46.4 Å². The van der Waals surface area contributed by atoms with E-state index < -0.39 is 18.3 Å². The first kappa shape index (κ1) is 52.0. The fourth-order valence-electron chi connectivity index (χ4n) is 5.99. The Balaban J connectivity index is 0.000000163. The van der Waals surface area contributed by atoms with Crippen molar-refractivity contribution in [2.75, 3.05) is 12.3 Å². The summed E-state index contributed by atoms with van der Waals surface area (Å²) in [5.74, 6) is 0.444. The monoisotopic (exact) mass is 1220 g/mol. The normalized spacial score (nSPS) is 13.5. The third-order valence-electron chi connectivity index (χ3n) is 9.24. The number of nitrogen functional groups attached to an aromatic ring is 1. The molecule has 0 spiro atoms. The number of aromatic nitrogens is 6. The van der Waals surface area contributed by atoms with E-state index in [1.165, 1.54) is 0 Å². The Kier molecular flexibility index (Phi) is 18.7. The molecule has 0 unspecified atom stereocenters. The number of nitrogens with two attached hydrogens (primary N) is 1. The van der Waals surface area contributed by atoms with Crippen molar-refractivity contribution in [1.29, 1.82) is 0 Å². The number of imidazole rings is 2. The van der Waals surface area contributed by atoms with Gasteiger partial charge in [0.1, 0.15) is 11.0 Å². The van der Waals surface area contributed by atoms with Crippen molar-refractivity contribution >= 4 is 161 Å². The van der Waals surface area contributed by atoms with Crippen LogP contribution in [0.3, 0.4) is 0 Å². The van der Waals surface area contributed by atoms with Crippen molar-refractivity contribution < 1.29 is 21.9 Å². The van der Waals surface area contributed by atoms with Crippen molar-refractivity contribution in [3.8, 4) is 17.1 Å². The van der Waals surface area contributed by atoms with Gasteiger partial charge < -0.3 is 19.6 Å². The van der Waals surface area contributed by atoms with Gasteiger partial charge in [-0.15, -0.1) is 0 Å². The molecule has 4 aromatic carbocycles. The second kappa shape index (κ2) is 23.3. The van der Waals surface area contributed by atoms with Gasteiger partial charge in [-0.25, -0.2) is 24.7 Å². The summed E-state index contributed by atoms with van der Waals surface area (Å²) in [6.07, 6.45) is 7.68. The number of rotatable bonds is 8. The molecule has 0 saturated heterocycles. The molecule has 2 aliphatic rings. The Labute approximate surface area is 434 Å². The fourth-order valence-corrected chi connectivity index (χ4v) is 7.82. The predicted molar refractivity (Wildman–Crippen MR) is 271 cm³/mol. The first-order valence-corrected chi connectivity index (χ1v) is 31.3. The number of anilines is 1. The average Bonchev–Trinajstić information content (AvgIpc) is 4.18. The number of hydrogen-bond donors (Lipinski definition) is 1. The summed E-state index contributed by atoms with van der Waals surface area (Å²) in [5, 5.41) is 2.33.